The Morgan fingerprint density at radius 2 is 1.86 bits per heavy atom. The molecule has 0 spiro atoms. The molecule has 1 saturated carbocycles. The van der Waals surface area contributed by atoms with Crippen LogP contribution in [0.15, 0.2) is 53.5 Å². The quantitative estimate of drug-likeness (QED) is 0.349. The van der Waals surface area contributed by atoms with Crippen molar-refractivity contribution >= 4 is 21.9 Å². The SMILES string of the molecule is CO[C@@H]1CC[C@@H](n2c(=O)n(C)c3cnc4ccc(-c5ccc(OCCCN(C)C)cc5)cc4c32)C1. The smallest absolute Gasteiger partial charge is 0.329 e. The van der Waals surface area contributed by atoms with E-state index in [-0.39, 0.29) is 17.8 Å². The van der Waals surface area contributed by atoms with Crippen molar-refractivity contribution in [2.24, 2.45) is 7.05 Å². The maximum atomic E-state index is 13.3. The number of aromatic nitrogens is 3. The standard InChI is InChI=1S/C28H34N4O3/c1-30(2)14-5-15-35-22-10-6-19(7-11-22)20-8-13-25-24(16-20)27-26(18-29-25)31(3)28(33)32(27)21-9-12-23(17-21)34-4/h6-8,10-11,13,16,18,21,23H,5,9,12,14-15,17H2,1-4H3/t21-,23-/m1/s1. The number of hydrogen-bond acceptors (Lipinski definition) is 5. The predicted molar refractivity (Wildman–Crippen MR) is 140 cm³/mol. The molecule has 1 aliphatic carbocycles. The molecule has 7 heteroatoms. The Kier molecular flexibility index (Phi) is 6.62. The Morgan fingerprint density at radius 3 is 2.57 bits per heavy atom. The van der Waals surface area contributed by atoms with Crippen molar-refractivity contribution in [2.45, 2.75) is 37.8 Å². The van der Waals surface area contributed by atoms with Crippen LogP contribution in [0.4, 0.5) is 0 Å². The fourth-order valence-electron chi connectivity index (χ4n) is 5.23. The summed E-state index contributed by atoms with van der Waals surface area (Å²) in [7, 11) is 7.73. The van der Waals surface area contributed by atoms with Gasteiger partial charge in [-0.15, -0.1) is 0 Å². The molecule has 0 bridgehead atoms. The molecule has 7 nitrogen and oxygen atoms in total. The summed E-state index contributed by atoms with van der Waals surface area (Å²) in [5.74, 6) is 0.878. The van der Waals surface area contributed by atoms with E-state index in [9.17, 15) is 4.79 Å². The third-order valence-electron chi connectivity index (χ3n) is 7.18. The Hall–Kier alpha value is -3.16. The van der Waals surface area contributed by atoms with E-state index in [0.29, 0.717) is 6.61 Å². The van der Waals surface area contributed by atoms with Crippen LogP contribution < -0.4 is 10.4 Å². The number of aryl methyl sites for hydroxylation is 1. The summed E-state index contributed by atoms with van der Waals surface area (Å²) in [4.78, 5) is 20.1. The van der Waals surface area contributed by atoms with Crippen LogP contribution in [0, 0.1) is 0 Å². The van der Waals surface area contributed by atoms with E-state index in [1.165, 1.54) is 0 Å². The van der Waals surface area contributed by atoms with Crippen molar-refractivity contribution in [1.82, 2.24) is 19.0 Å². The van der Waals surface area contributed by atoms with Crippen molar-refractivity contribution in [2.75, 3.05) is 34.4 Å². The largest absolute Gasteiger partial charge is 0.494 e. The molecule has 0 saturated heterocycles. The number of methoxy groups -OCH3 is 1. The van der Waals surface area contributed by atoms with Crippen molar-refractivity contribution in [3.8, 4) is 16.9 Å². The maximum absolute atomic E-state index is 13.3. The van der Waals surface area contributed by atoms with Crippen molar-refractivity contribution in [3.05, 3.63) is 59.1 Å². The molecule has 0 radical (unpaired) electrons. The van der Waals surface area contributed by atoms with E-state index in [2.05, 4.69) is 48.2 Å². The second kappa shape index (κ2) is 9.84. The summed E-state index contributed by atoms with van der Waals surface area (Å²) in [5.41, 5.74) is 4.93. The number of pyridine rings is 1. The fraction of sp³-hybridized carbons (Fsp3) is 0.429. The van der Waals surface area contributed by atoms with Gasteiger partial charge in [0.1, 0.15) is 5.75 Å². The second-order valence-electron chi connectivity index (χ2n) is 9.79. The molecule has 2 atom stereocenters. The van der Waals surface area contributed by atoms with Gasteiger partial charge in [0, 0.05) is 32.1 Å². The van der Waals surface area contributed by atoms with Gasteiger partial charge in [-0.05, 0) is 75.2 Å². The van der Waals surface area contributed by atoms with Gasteiger partial charge in [0.25, 0.3) is 0 Å². The summed E-state index contributed by atoms with van der Waals surface area (Å²) in [5, 5.41) is 1.00. The zero-order chi connectivity index (χ0) is 24.5. The van der Waals surface area contributed by atoms with Gasteiger partial charge in [0.15, 0.2) is 0 Å². The van der Waals surface area contributed by atoms with E-state index in [4.69, 9.17) is 9.47 Å². The Morgan fingerprint density at radius 1 is 1.09 bits per heavy atom. The molecule has 1 aliphatic rings. The summed E-state index contributed by atoms with van der Waals surface area (Å²) in [6, 6.07) is 14.7. The minimum Gasteiger partial charge on any atom is -0.494 e. The summed E-state index contributed by atoms with van der Waals surface area (Å²) in [6.07, 6.45) is 5.79. The van der Waals surface area contributed by atoms with Crippen LogP contribution in [-0.4, -0.2) is 59.5 Å². The second-order valence-corrected chi connectivity index (χ2v) is 9.79. The van der Waals surface area contributed by atoms with E-state index in [1.54, 1.807) is 11.7 Å². The van der Waals surface area contributed by atoms with Crippen LogP contribution in [0.3, 0.4) is 0 Å². The maximum Gasteiger partial charge on any atom is 0.329 e. The Balaban J connectivity index is 1.50. The first-order chi connectivity index (χ1) is 17.0. The van der Waals surface area contributed by atoms with E-state index in [0.717, 1.165) is 71.0 Å². The van der Waals surface area contributed by atoms with Gasteiger partial charge in [-0.25, -0.2) is 4.79 Å². The van der Waals surface area contributed by atoms with Crippen LogP contribution >= 0.6 is 0 Å². The topological polar surface area (TPSA) is 61.5 Å². The molecule has 0 N–H and O–H groups in total. The highest BCUT2D eigenvalue weighted by Crippen LogP contribution is 2.36. The normalized spacial score (nSPS) is 18.2. The highest BCUT2D eigenvalue weighted by Gasteiger charge is 2.29. The molecule has 1 fully saturated rings. The molecular weight excluding hydrogens is 440 g/mol. The van der Waals surface area contributed by atoms with Crippen molar-refractivity contribution in [1.29, 1.82) is 0 Å². The lowest BCUT2D eigenvalue weighted by molar-refractivity contribution is 0.106. The third-order valence-corrected chi connectivity index (χ3v) is 7.18. The van der Waals surface area contributed by atoms with E-state index >= 15 is 0 Å². The van der Waals surface area contributed by atoms with Gasteiger partial charge in [-0.1, -0.05) is 18.2 Å². The van der Waals surface area contributed by atoms with Gasteiger partial charge >= 0.3 is 5.69 Å². The molecule has 0 amide bonds. The lowest BCUT2D eigenvalue weighted by atomic mass is 10.0. The molecule has 4 aromatic rings. The Labute approximate surface area is 205 Å². The van der Waals surface area contributed by atoms with E-state index < -0.39 is 0 Å². The molecule has 2 aromatic heterocycles. The number of hydrogen-bond donors (Lipinski definition) is 0. The summed E-state index contributed by atoms with van der Waals surface area (Å²) < 4.78 is 15.2. The van der Waals surface area contributed by atoms with E-state index in [1.807, 2.05) is 36.0 Å². The van der Waals surface area contributed by atoms with Crippen LogP contribution in [-0.2, 0) is 11.8 Å². The highest BCUT2D eigenvalue weighted by atomic mass is 16.5. The van der Waals surface area contributed by atoms with Gasteiger partial charge in [-0.3, -0.25) is 14.1 Å². The number of benzene rings is 2. The number of rotatable bonds is 8. The highest BCUT2D eigenvalue weighted by molar-refractivity contribution is 6.04. The summed E-state index contributed by atoms with van der Waals surface area (Å²) >= 11 is 0. The molecule has 2 aromatic carbocycles. The molecule has 5 rings (SSSR count). The van der Waals surface area contributed by atoms with Gasteiger partial charge in [-0.2, -0.15) is 0 Å². The van der Waals surface area contributed by atoms with Gasteiger partial charge in [0.05, 0.1) is 35.5 Å². The summed E-state index contributed by atoms with van der Waals surface area (Å²) in [6.45, 7) is 1.71. The van der Waals surface area contributed by atoms with Crippen LogP contribution in [0.2, 0.25) is 0 Å². The first kappa shape index (κ1) is 23.6. The predicted octanol–water partition coefficient (Wildman–Crippen LogP) is 4.63. The zero-order valence-corrected chi connectivity index (χ0v) is 21.0. The molecule has 0 unspecified atom stereocenters. The molecule has 2 heterocycles. The van der Waals surface area contributed by atoms with Crippen molar-refractivity contribution in [3.63, 3.8) is 0 Å². The average Bonchev–Trinajstić information content (AvgIpc) is 3.44. The number of fused-ring (bicyclic) bond motifs is 3. The first-order valence-electron chi connectivity index (χ1n) is 12.4. The fourth-order valence-corrected chi connectivity index (χ4v) is 5.23. The number of imidazole rings is 1. The molecule has 35 heavy (non-hydrogen) atoms. The average molecular weight is 475 g/mol. The van der Waals surface area contributed by atoms with Gasteiger partial charge in [0.2, 0.25) is 0 Å². The van der Waals surface area contributed by atoms with Crippen LogP contribution in [0.1, 0.15) is 31.7 Å². The molecule has 184 valence electrons. The lowest BCUT2D eigenvalue weighted by Gasteiger charge is -2.14. The van der Waals surface area contributed by atoms with Gasteiger partial charge < -0.3 is 14.4 Å². The number of nitrogens with zero attached hydrogens (tertiary/aromatic N) is 4. The number of ether oxygens (including phenoxy) is 2. The molecular formula is C28H34N4O3. The molecule has 0 aliphatic heterocycles. The minimum absolute atomic E-state index is 0.0113. The monoisotopic (exact) mass is 474 g/mol. The van der Waals surface area contributed by atoms with Crippen molar-refractivity contribution < 1.29 is 9.47 Å². The van der Waals surface area contributed by atoms with Crippen LogP contribution in [0.25, 0.3) is 33.1 Å². The zero-order valence-electron chi connectivity index (χ0n) is 21.0. The first-order valence-corrected chi connectivity index (χ1v) is 12.4. The Bertz CT molecular complexity index is 1390. The lowest BCUT2D eigenvalue weighted by Crippen LogP contribution is -2.25. The van der Waals surface area contributed by atoms with Crippen LogP contribution in [0.5, 0.6) is 5.75 Å². The minimum atomic E-state index is 0.0113. The third kappa shape index (κ3) is 4.58.